The summed E-state index contributed by atoms with van der Waals surface area (Å²) in [7, 11) is 0. The monoisotopic (exact) mass is 407 g/mol. The maximum atomic E-state index is 13.5. The van der Waals surface area contributed by atoms with Crippen LogP contribution < -0.4 is 5.32 Å². The number of allylic oxidation sites excluding steroid dienone is 1. The van der Waals surface area contributed by atoms with Gasteiger partial charge in [-0.1, -0.05) is 31.2 Å². The number of carboxylic acid groups (broad SMARTS) is 1. The van der Waals surface area contributed by atoms with Crippen LogP contribution in [0.3, 0.4) is 0 Å². The molecule has 6 heteroatoms. The second-order valence-corrected chi connectivity index (χ2v) is 8.19. The van der Waals surface area contributed by atoms with Gasteiger partial charge in [-0.2, -0.15) is 0 Å². The lowest BCUT2D eigenvalue weighted by molar-refractivity contribution is -0.141. The summed E-state index contributed by atoms with van der Waals surface area (Å²) in [5.41, 5.74) is 3.55. The van der Waals surface area contributed by atoms with Gasteiger partial charge in [0, 0.05) is 11.1 Å². The van der Waals surface area contributed by atoms with Crippen LogP contribution in [0.25, 0.3) is 11.1 Å². The highest BCUT2D eigenvalue weighted by Crippen LogP contribution is 2.44. The number of carboxylic acids is 1. The van der Waals surface area contributed by atoms with E-state index in [1.807, 2.05) is 44.2 Å². The maximum absolute atomic E-state index is 13.5. The van der Waals surface area contributed by atoms with E-state index in [-0.39, 0.29) is 5.91 Å². The molecule has 0 fully saturated rings. The first-order valence-electron chi connectivity index (χ1n) is 9.74. The van der Waals surface area contributed by atoms with Gasteiger partial charge >= 0.3 is 5.97 Å². The smallest absolute Gasteiger partial charge is 0.306 e. The molecule has 1 atom stereocenters. The molecular weight excluding hydrogens is 385 g/mol. The lowest BCUT2D eigenvalue weighted by Gasteiger charge is -2.23. The van der Waals surface area contributed by atoms with Crippen molar-refractivity contribution in [1.29, 1.82) is 0 Å². The number of rotatable bonds is 4. The van der Waals surface area contributed by atoms with Crippen LogP contribution in [0.2, 0.25) is 0 Å². The van der Waals surface area contributed by atoms with Crippen molar-refractivity contribution in [3.05, 3.63) is 76.8 Å². The number of aliphatic carboxylic acids is 1. The summed E-state index contributed by atoms with van der Waals surface area (Å²) >= 11 is 0. The van der Waals surface area contributed by atoms with Crippen molar-refractivity contribution in [3.8, 4) is 0 Å². The molecule has 0 aromatic heterocycles. The van der Waals surface area contributed by atoms with Crippen LogP contribution in [0.5, 0.6) is 0 Å². The minimum atomic E-state index is -0.821. The standard InChI is InChI=1S/C24H22FNO4/c1-13(23(28)29)10-14-4-6-15(7-5-14)18-12-20(30-24(18,2)3)21-17-9-8-16(25)11-19(17)26-22(21)27/h4-9,11-13H,10H2,1-3H3,(H,26,27)(H,28,29)/b21-20+. The van der Waals surface area contributed by atoms with Gasteiger partial charge in [0.15, 0.2) is 0 Å². The van der Waals surface area contributed by atoms with E-state index in [2.05, 4.69) is 5.32 Å². The Hall–Kier alpha value is -3.41. The van der Waals surface area contributed by atoms with E-state index in [0.29, 0.717) is 29.0 Å². The molecule has 0 spiro atoms. The Bertz CT molecular complexity index is 1110. The van der Waals surface area contributed by atoms with Gasteiger partial charge in [0.1, 0.15) is 17.2 Å². The number of amides is 1. The van der Waals surface area contributed by atoms with Crippen molar-refractivity contribution in [2.24, 2.45) is 5.92 Å². The zero-order valence-electron chi connectivity index (χ0n) is 17.0. The van der Waals surface area contributed by atoms with Crippen LogP contribution in [0.1, 0.15) is 37.5 Å². The molecule has 0 saturated heterocycles. The molecule has 4 rings (SSSR count). The number of anilines is 1. The molecule has 154 valence electrons. The molecule has 0 radical (unpaired) electrons. The van der Waals surface area contributed by atoms with E-state index >= 15 is 0 Å². The number of carbonyl (C=O) groups is 2. The van der Waals surface area contributed by atoms with E-state index in [1.165, 1.54) is 12.1 Å². The molecule has 2 aliphatic rings. The number of fused-ring (bicyclic) bond motifs is 1. The minimum Gasteiger partial charge on any atom is -0.482 e. The molecule has 1 unspecified atom stereocenters. The third-order valence-electron chi connectivity index (χ3n) is 5.49. The lowest BCUT2D eigenvalue weighted by Crippen LogP contribution is -2.21. The summed E-state index contributed by atoms with van der Waals surface area (Å²) in [6.07, 6.45) is 2.31. The van der Waals surface area contributed by atoms with Crippen LogP contribution in [0, 0.1) is 11.7 Å². The summed E-state index contributed by atoms with van der Waals surface area (Å²) in [5.74, 6) is -1.57. The molecule has 0 saturated carbocycles. The molecule has 2 heterocycles. The Labute approximate surface area is 173 Å². The molecular formula is C24H22FNO4. The molecule has 1 amide bonds. The first kappa shape index (κ1) is 19.9. The van der Waals surface area contributed by atoms with Crippen molar-refractivity contribution in [1.82, 2.24) is 0 Å². The Morgan fingerprint density at radius 3 is 2.57 bits per heavy atom. The maximum Gasteiger partial charge on any atom is 0.306 e. The highest BCUT2D eigenvalue weighted by molar-refractivity contribution is 6.32. The van der Waals surface area contributed by atoms with Crippen molar-refractivity contribution in [2.75, 3.05) is 5.32 Å². The van der Waals surface area contributed by atoms with Crippen LogP contribution in [0.4, 0.5) is 10.1 Å². The van der Waals surface area contributed by atoms with Crippen molar-refractivity contribution in [3.63, 3.8) is 0 Å². The highest BCUT2D eigenvalue weighted by Gasteiger charge is 2.38. The lowest BCUT2D eigenvalue weighted by atomic mass is 9.90. The predicted octanol–water partition coefficient (Wildman–Crippen LogP) is 4.64. The van der Waals surface area contributed by atoms with Crippen molar-refractivity contribution >= 4 is 28.7 Å². The van der Waals surface area contributed by atoms with E-state index in [0.717, 1.165) is 16.7 Å². The van der Waals surface area contributed by atoms with Crippen molar-refractivity contribution < 1.29 is 23.8 Å². The molecule has 2 aromatic rings. The second-order valence-electron chi connectivity index (χ2n) is 8.19. The number of carbonyl (C=O) groups excluding carboxylic acids is 1. The van der Waals surface area contributed by atoms with Gasteiger partial charge in [-0.25, -0.2) is 4.39 Å². The van der Waals surface area contributed by atoms with E-state index in [9.17, 15) is 14.0 Å². The number of benzene rings is 2. The topological polar surface area (TPSA) is 75.6 Å². The number of hydrogen-bond acceptors (Lipinski definition) is 3. The largest absolute Gasteiger partial charge is 0.482 e. The number of hydrogen-bond donors (Lipinski definition) is 2. The van der Waals surface area contributed by atoms with Gasteiger partial charge < -0.3 is 15.2 Å². The van der Waals surface area contributed by atoms with Gasteiger partial charge in [0.25, 0.3) is 5.91 Å². The van der Waals surface area contributed by atoms with Crippen LogP contribution >= 0.6 is 0 Å². The van der Waals surface area contributed by atoms with E-state index in [1.54, 1.807) is 13.0 Å². The highest BCUT2D eigenvalue weighted by atomic mass is 19.1. The average Bonchev–Trinajstić information content (AvgIpc) is 3.16. The third kappa shape index (κ3) is 3.49. The van der Waals surface area contributed by atoms with Crippen molar-refractivity contribution in [2.45, 2.75) is 32.8 Å². The SMILES string of the molecule is CC(Cc1ccc(C2=C/C(=C3\C(=O)Nc4cc(F)ccc43)OC2(C)C)cc1)C(=O)O. The van der Waals surface area contributed by atoms with Gasteiger partial charge in [0.2, 0.25) is 0 Å². The fourth-order valence-electron chi connectivity index (χ4n) is 3.87. The van der Waals surface area contributed by atoms with Gasteiger partial charge in [-0.3, -0.25) is 9.59 Å². The fourth-order valence-corrected chi connectivity index (χ4v) is 3.87. The Morgan fingerprint density at radius 1 is 1.20 bits per heavy atom. The number of nitrogens with one attached hydrogen (secondary N) is 1. The van der Waals surface area contributed by atoms with Crippen LogP contribution in [-0.4, -0.2) is 22.6 Å². The van der Waals surface area contributed by atoms with Gasteiger partial charge in [-0.15, -0.1) is 0 Å². The average molecular weight is 407 g/mol. The normalized spacial score (nSPS) is 20.3. The molecule has 0 bridgehead atoms. The fraction of sp³-hybridized carbons (Fsp3) is 0.250. The van der Waals surface area contributed by atoms with Crippen LogP contribution in [0.15, 0.2) is 54.3 Å². The second kappa shape index (κ2) is 7.13. The zero-order valence-corrected chi connectivity index (χ0v) is 17.0. The first-order chi connectivity index (χ1) is 14.2. The van der Waals surface area contributed by atoms with Gasteiger partial charge in [-0.05, 0) is 55.7 Å². The first-order valence-corrected chi connectivity index (χ1v) is 9.74. The Kier molecular flexibility index (Phi) is 4.73. The molecule has 0 aliphatic carbocycles. The van der Waals surface area contributed by atoms with Gasteiger partial charge in [0.05, 0.1) is 17.2 Å². The molecule has 2 aromatic carbocycles. The molecule has 2 aliphatic heterocycles. The summed E-state index contributed by atoms with van der Waals surface area (Å²) in [5, 5.41) is 11.8. The molecule has 2 N–H and O–H groups in total. The molecule has 5 nitrogen and oxygen atoms in total. The Morgan fingerprint density at radius 2 is 1.90 bits per heavy atom. The summed E-state index contributed by atoms with van der Waals surface area (Å²) in [4.78, 5) is 23.6. The van der Waals surface area contributed by atoms with E-state index < -0.39 is 23.3 Å². The summed E-state index contributed by atoms with van der Waals surface area (Å²) in [6, 6.07) is 11.9. The molecule has 30 heavy (non-hydrogen) atoms. The number of halogens is 1. The summed E-state index contributed by atoms with van der Waals surface area (Å²) < 4.78 is 19.7. The van der Waals surface area contributed by atoms with Crippen LogP contribution in [-0.2, 0) is 20.7 Å². The predicted molar refractivity (Wildman–Crippen MR) is 112 cm³/mol. The third-order valence-corrected chi connectivity index (χ3v) is 5.49. The quantitative estimate of drug-likeness (QED) is 0.724. The minimum absolute atomic E-state index is 0.322. The number of ether oxygens (including phenoxy) is 1. The Balaban J connectivity index is 1.70. The summed E-state index contributed by atoms with van der Waals surface area (Å²) in [6.45, 7) is 5.53. The zero-order chi connectivity index (χ0) is 21.6. The van der Waals surface area contributed by atoms with E-state index in [4.69, 9.17) is 9.84 Å².